The zero-order chi connectivity index (χ0) is 27.8. The molecule has 0 aromatic heterocycles. The van der Waals surface area contributed by atoms with Crippen LogP contribution in [-0.2, 0) is 14.3 Å². The van der Waals surface area contributed by atoms with Crippen molar-refractivity contribution in [2.75, 3.05) is 5.32 Å². The Bertz CT molecular complexity index is 1050. The van der Waals surface area contributed by atoms with Crippen LogP contribution in [0.4, 0.5) is 10.5 Å². The molecule has 37 heavy (non-hydrogen) atoms. The molecule has 2 rings (SSSR count). The maximum atomic E-state index is 14.2. The summed E-state index contributed by atoms with van der Waals surface area (Å²) in [6.07, 6.45) is 0.385. The number of carbonyl (C=O) groups excluding carboxylic acids is 3. The maximum absolute atomic E-state index is 14.2. The number of rotatable bonds is 10. The highest BCUT2D eigenvalue weighted by atomic mass is 16.6. The second-order valence-electron chi connectivity index (χ2n) is 10.9. The van der Waals surface area contributed by atoms with E-state index in [0.29, 0.717) is 24.1 Å². The standard InChI is InChI=1S/C30H43N3O4/c1-9-22(5)33(28(35)25(19-20(2)3)32-29(36)37-30(6,7)8)26(23-16-11-10-12-17-23)27(34)31-24-18-14-13-15-21(24)4/h10-18,20,22,25-26H,9,19H2,1-8H3,(H,31,34)(H,32,36). The summed E-state index contributed by atoms with van der Waals surface area (Å²) < 4.78 is 5.45. The molecule has 0 heterocycles. The zero-order valence-electron chi connectivity index (χ0n) is 23.5. The monoisotopic (exact) mass is 509 g/mol. The van der Waals surface area contributed by atoms with E-state index in [1.54, 1.807) is 25.7 Å². The number of nitrogens with one attached hydrogen (secondary N) is 2. The van der Waals surface area contributed by atoms with Crippen LogP contribution in [0.1, 0.15) is 78.5 Å². The van der Waals surface area contributed by atoms with Gasteiger partial charge in [0.2, 0.25) is 5.91 Å². The second kappa shape index (κ2) is 13.3. The highest BCUT2D eigenvalue weighted by molar-refractivity contribution is 5.99. The summed E-state index contributed by atoms with van der Waals surface area (Å²) in [7, 11) is 0. The average Bonchev–Trinajstić information content (AvgIpc) is 2.81. The van der Waals surface area contributed by atoms with Crippen molar-refractivity contribution in [3.05, 3.63) is 65.7 Å². The van der Waals surface area contributed by atoms with Crippen LogP contribution in [0.2, 0.25) is 0 Å². The van der Waals surface area contributed by atoms with Crippen molar-refractivity contribution in [1.82, 2.24) is 10.2 Å². The maximum Gasteiger partial charge on any atom is 0.408 e. The fourth-order valence-electron chi connectivity index (χ4n) is 4.11. The Hall–Kier alpha value is -3.35. The molecule has 0 saturated heterocycles. The van der Waals surface area contributed by atoms with E-state index in [0.717, 1.165) is 5.56 Å². The number of nitrogens with zero attached hydrogens (tertiary/aromatic N) is 1. The van der Waals surface area contributed by atoms with Gasteiger partial charge in [-0.1, -0.05) is 69.3 Å². The van der Waals surface area contributed by atoms with Gasteiger partial charge in [0.1, 0.15) is 17.7 Å². The molecule has 0 fully saturated rings. The largest absolute Gasteiger partial charge is 0.444 e. The molecule has 0 aliphatic carbocycles. The van der Waals surface area contributed by atoms with Crippen molar-refractivity contribution < 1.29 is 19.1 Å². The molecule has 0 bridgehead atoms. The third-order valence-electron chi connectivity index (χ3n) is 6.06. The molecule has 2 aromatic rings. The van der Waals surface area contributed by atoms with E-state index >= 15 is 0 Å². The van der Waals surface area contributed by atoms with E-state index in [1.807, 2.05) is 89.2 Å². The van der Waals surface area contributed by atoms with Crippen molar-refractivity contribution in [2.24, 2.45) is 5.92 Å². The molecule has 202 valence electrons. The summed E-state index contributed by atoms with van der Waals surface area (Å²) in [4.78, 5) is 42.4. The molecule has 7 heteroatoms. The van der Waals surface area contributed by atoms with Crippen LogP contribution in [-0.4, -0.2) is 40.5 Å². The van der Waals surface area contributed by atoms with Crippen LogP contribution in [0, 0.1) is 12.8 Å². The van der Waals surface area contributed by atoms with Crippen LogP contribution < -0.4 is 10.6 Å². The number of amides is 3. The molecule has 7 nitrogen and oxygen atoms in total. The summed E-state index contributed by atoms with van der Waals surface area (Å²) >= 11 is 0. The first-order valence-electron chi connectivity index (χ1n) is 13.1. The third kappa shape index (κ3) is 8.92. The fourth-order valence-corrected chi connectivity index (χ4v) is 4.11. The van der Waals surface area contributed by atoms with E-state index in [2.05, 4.69) is 10.6 Å². The predicted octanol–water partition coefficient (Wildman–Crippen LogP) is 6.24. The van der Waals surface area contributed by atoms with E-state index in [4.69, 9.17) is 4.74 Å². The van der Waals surface area contributed by atoms with Gasteiger partial charge in [-0.2, -0.15) is 0 Å². The van der Waals surface area contributed by atoms with E-state index in [-0.39, 0.29) is 23.8 Å². The van der Waals surface area contributed by atoms with Crippen molar-refractivity contribution in [1.29, 1.82) is 0 Å². The Morgan fingerprint density at radius 3 is 2.08 bits per heavy atom. The van der Waals surface area contributed by atoms with Gasteiger partial charge in [0.05, 0.1) is 0 Å². The summed E-state index contributed by atoms with van der Waals surface area (Å²) in [5.41, 5.74) is 1.61. The van der Waals surface area contributed by atoms with Gasteiger partial charge in [-0.3, -0.25) is 9.59 Å². The lowest BCUT2D eigenvalue weighted by atomic mass is 9.97. The molecule has 2 aromatic carbocycles. The third-order valence-corrected chi connectivity index (χ3v) is 6.06. The molecular weight excluding hydrogens is 466 g/mol. The van der Waals surface area contributed by atoms with Crippen molar-refractivity contribution >= 4 is 23.6 Å². The first-order valence-corrected chi connectivity index (χ1v) is 13.1. The Morgan fingerprint density at radius 1 is 0.946 bits per heavy atom. The van der Waals surface area contributed by atoms with Crippen LogP contribution in [0.25, 0.3) is 0 Å². The summed E-state index contributed by atoms with van der Waals surface area (Å²) in [5, 5.41) is 5.81. The number of benzene rings is 2. The van der Waals surface area contributed by atoms with Gasteiger partial charge in [0, 0.05) is 11.7 Å². The SMILES string of the molecule is CCC(C)N(C(=O)C(CC(C)C)NC(=O)OC(C)(C)C)C(C(=O)Nc1ccccc1C)c1ccccc1. The summed E-state index contributed by atoms with van der Waals surface area (Å²) in [6, 6.07) is 14.8. The minimum absolute atomic E-state index is 0.124. The Labute approximate surface area is 222 Å². The number of carbonyl (C=O) groups is 3. The van der Waals surface area contributed by atoms with Crippen LogP contribution in [0.3, 0.4) is 0 Å². The minimum Gasteiger partial charge on any atom is -0.444 e. The van der Waals surface area contributed by atoms with E-state index < -0.39 is 23.8 Å². The molecule has 3 atom stereocenters. The van der Waals surface area contributed by atoms with Gasteiger partial charge in [0.25, 0.3) is 5.91 Å². The molecule has 0 aliphatic heterocycles. The van der Waals surface area contributed by atoms with Crippen LogP contribution >= 0.6 is 0 Å². The van der Waals surface area contributed by atoms with Crippen molar-refractivity contribution in [3.63, 3.8) is 0 Å². The van der Waals surface area contributed by atoms with Crippen molar-refractivity contribution in [3.8, 4) is 0 Å². The first-order chi connectivity index (χ1) is 17.3. The van der Waals surface area contributed by atoms with Gasteiger partial charge >= 0.3 is 6.09 Å². The summed E-state index contributed by atoms with van der Waals surface area (Å²) in [6.45, 7) is 15.1. The number of anilines is 1. The van der Waals surface area contributed by atoms with Gasteiger partial charge in [0.15, 0.2) is 0 Å². The highest BCUT2D eigenvalue weighted by Crippen LogP contribution is 2.29. The van der Waals surface area contributed by atoms with Gasteiger partial charge in [-0.05, 0) is 70.6 Å². The Kier molecular flexibility index (Phi) is 10.7. The lowest BCUT2D eigenvalue weighted by Crippen LogP contribution is -2.55. The number of ether oxygens (including phenoxy) is 1. The number of hydrogen-bond donors (Lipinski definition) is 2. The van der Waals surface area contributed by atoms with Gasteiger partial charge in [-0.15, -0.1) is 0 Å². The molecule has 0 spiro atoms. The lowest BCUT2D eigenvalue weighted by Gasteiger charge is -2.38. The Balaban J connectivity index is 2.53. The first kappa shape index (κ1) is 29.9. The smallest absolute Gasteiger partial charge is 0.408 e. The number of alkyl carbamates (subject to hydrolysis) is 1. The Morgan fingerprint density at radius 2 is 1.54 bits per heavy atom. The zero-order valence-corrected chi connectivity index (χ0v) is 23.5. The molecule has 0 aliphatic rings. The minimum atomic E-state index is -0.890. The fraction of sp³-hybridized carbons (Fsp3) is 0.500. The predicted molar refractivity (Wildman–Crippen MR) is 148 cm³/mol. The molecule has 0 saturated carbocycles. The lowest BCUT2D eigenvalue weighted by molar-refractivity contribution is -0.143. The van der Waals surface area contributed by atoms with Crippen LogP contribution in [0.15, 0.2) is 54.6 Å². The van der Waals surface area contributed by atoms with E-state index in [9.17, 15) is 14.4 Å². The normalized spacial score (nSPS) is 13.9. The quantitative estimate of drug-likeness (QED) is 0.397. The molecule has 3 amide bonds. The molecule has 0 radical (unpaired) electrons. The molecular formula is C30H43N3O4. The molecule has 2 N–H and O–H groups in total. The number of aryl methyl sites for hydroxylation is 1. The number of para-hydroxylation sites is 1. The average molecular weight is 510 g/mol. The molecule has 3 unspecified atom stereocenters. The van der Waals surface area contributed by atoms with Gasteiger partial charge in [-0.25, -0.2) is 4.79 Å². The van der Waals surface area contributed by atoms with Crippen LogP contribution in [0.5, 0.6) is 0 Å². The summed E-state index contributed by atoms with van der Waals surface area (Å²) in [5.74, 6) is -0.504. The van der Waals surface area contributed by atoms with E-state index in [1.165, 1.54) is 0 Å². The topological polar surface area (TPSA) is 87.7 Å². The highest BCUT2D eigenvalue weighted by Gasteiger charge is 2.38. The second-order valence-corrected chi connectivity index (χ2v) is 10.9. The number of hydrogen-bond acceptors (Lipinski definition) is 4. The van der Waals surface area contributed by atoms with Crippen molar-refractivity contribution in [2.45, 2.75) is 92.0 Å². The van der Waals surface area contributed by atoms with Gasteiger partial charge < -0.3 is 20.3 Å².